The lowest BCUT2D eigenvalue weighted by atomic mass is 10.0. The smallest absolute Gasteiger partial charge is 0.264 e. The molecule has 1 aliphatic rings. The maximum absolute atomic E-state index is 14.6. The molecule has 0 saturated heterocycles. The van der Waals surface area contributed by atoms with Gasteiger partial charge in [-0.05, 0) is 85.3 Å². The highest BCUT2D eigenvalue weighted by atomic mass is 35.5. The van der Waals surface area contributed by atoms with Gasteiger partial charge < -0.3 is 10.2 Å². The Morgan fingerprint density at radius 2 is 1.48 bits per heavy atom. The maximum atomic E-state index is 14.6. The van der Waals surface area contributed by atoms with Crippen LogP contribution in [0.4, 0.5) is 5.69 Å². The molecule has 1 saturated carbocycles. The summed E-state index contributed by atoms with van der Waals surface area (Å²) in [4.78, 5) is 30.3. The van der Waals surface area contributed by atoms with E-state index in [4.69, 9.17) is 11.6 Å². The first-order valence-electron chi connectivity index (χ1n) is 15.6. The number of carbonyl (C=O) groups excluding carboxylic acids is 2. The van der Waals surface area contributed by atoms with Crippen LogP contribution in [0, 0.1) is 13.8 Å². The van der Waals surface area contributed by atoms with Crippen molar-refractivity contribution in [2.24, 2.45) is 0 Å². The van der Waals surface area contributed by atoms with E-state index < -0.39 is 28.5 Å². The number of nitrogens with zero attached hydrogens (tertiary/aromatic N) is 2. The van der Waals surface area contributed by atoms with Crippen molar-refractivity contribution < 1.29 is 18.0 Å². The van der Waals surface area contributed by atoms with E-state index in [0.717, 1.165) is 52.2 Å². The second-order valence-corrected chi connectivity index (χ2v) is 14.2. The third-order valence-electron chi connectivity index (χ3n) is 8.60. The number of benzene rings is 4. The summed E-state index contributed by atoms with van der Waals surface area (Å²) in [5.74, 6) is -0.755. The fourth-order valence-electron chi connectivity index (χ4n) is 5.88. The Bertz CT molecular complexity index is 1760. The van der Waals surface area contributed by atoms with Crippen molar-refractivity contribution in [2.75, 3.05) is 10.8 Å². The molecular weight excluding hydrogens is 618 g/mol. The Morgan fingerprint density at radius 3 is 2.13 bits per heavy atom. The zero-order valence-corrected chi connectivity index (χ0v) is 27.8. The van der Waals surface area contributed by atoms with Crippen LogP contribution in [0.25, 0.3) is 0 Å². The number of nitrogens with one attached hydrogen (secondary N) is 1. The lowest BCUT2D eigenvalue weighted by molar-refractivity contribution is -0.140. The second kappa shape index (κ2) is 15.0. The van der Waals surface area contributed by atoms with Crippen molar-refractivity contribution in [3.8, 4) is 0 Å². The quantitative estimate of drug-likeness (QED) is 0.181. The number of carbonyl (C=O) groups is 2. The molecule has 4 aromatic carbocycles. The summed E-state index contributed by atoms with van der Waals surface area (Å²) < 4.78 is 29.5. The first-order chi connectivity index (χ1) is 22.1. The molecule has 9 heteroatoms. The summed E-state index contributed by atoms with van der Waals surface area (Å²) >= 11 is 6.34. The van der Waals surface area contributed by atoms with Crippen LogP contribution in [0.1, 0.15) is 47.9 Å². The van der Waals surface area contributed by atoms with Crippen LogP contribution >= 0.6 is 11.6 Å². The molecule has 0 heterocycles. The predicted octanol–water partition coefficient (Wildman–Crippen LogP) is 6.85. The van der Waals surface area contributed by atoms with Crippen molar-refractivity contribution in [1.82, 2.24) is 10.2 Å². The predicted molar refractivity (Wildman–Crippen MR) is 183 cm³/mol. The van der Waals surface area contributed by atoms with E-state index in [1.54, 1.807) is 48.5 Å². The molecule has 0 aliphatic heterocycles. The van der Waals surface area contributed by atoms with Gasteiger partial charge in [0.15, 0.2) is 0 Å². The number of aryl methyl sites for hydroxylation is 2. The lowest BCUT2D eigenvalue weighted by Crippen LogP contribution is -2.54. The van der Waals surface area contributed by atoms with Crippen molar-refractivity contribution >= 4 is 39.1 Å². The van der Waals surface area contributed by atoms with Gasteiger partial charge in [0.05, 0.1) is 10.6 Å². The minimum atomic E-state index is -4.15. The van der Waals surface area contributed by atoms with Gasteiger partial charge in [-0.15, -0.1) is 0 Å². The highest BCUT2D eigenvalue weighted by molar-refractivity contribution is 7.92. The normalized spacial score (nSPS) is 14.1. The molecule has 2 amide bonds. The van der Waals surface area contributed by atoms with Crippen LogP contribution < -0.4 is 9.62 Å². The molecule has 5 rings (SSSR count). The molecule has 0 spiro atoms. The average Bonchev–Trinajstić information content (AvgIpc) is 3.56. The second-order valence-electron chi connectivity index (χ2n) is 11.9. The minimum absolute atomic E-state index is 0.0411. The van der Waals surface area contributed by atoms with Crippen LogP contribution in [-0.2, 0) is 32.6 Å². The van der Waals surface area contributed by atoms with Crippen LogP contribution in [0.5, 0.6) is 0 Å². The molecular formula is C37H40ClN3O4S. The van der Waals surface area contributed by atoms with E-state index in [1.165, 1.54) is 17.0 Å². The molecule has 4 aromatic rings. The zero-order chi connectivity index (χ0) is 32.7. The van der Waals surface area contributed by atoms with Crippen LogP contribution in [0.3, 0.4) is 0 Å². The first kappa shape index (κ1) is 33.2. The van der Waals surface area contributed by atoms with Gasteiger partial charge in [-0.1, -0.05) is 91.2 Å². The highest BCUT2D eigenvalue weighted by Gasteiger charge is 2.35. The molecule has 0 bridgehead atoms. The molecule has 0 aromatic heterocycles. The van der Waals surface area contributed by atoms with Gasteiger partial charge in [-0.25, -0.2) is 8.42 Å². The first-order valence-corrected chi connectivity index (χ1v) is 17.5. The van der Waals surface area contributed by atoms with Gasteiger partial charge in [0, 0.05) is 24.0 Å². The Morgan fingerprint density at radius 1 is 0.826 bits per heavy atom. The molecule has 0 radical (unpaired) electrons. The third-order valence-corrected chi connectivity index (χ3v) is 10.6. The SMILES string of the molecule is Cc1ccc(N(CC(=O)N(Cc2cccc(Cl)c2)C(Cc2ccccc2)C(=O)NC2CCCC2)S(=O)(=O)c2ccccc2)cc1C. The fourth-order valence-corrected chi connectivity index (χ4v) is 7.52. The third kappa shape index (κ3) is 8.17. The molecule has 7 nitrogen and oxygen atoms in total. The van der Waals surface area contributed by atoms with Crippen molar-refractivity contribution in [1.29, 1.82) is 0 Å². The van der Waals surface area contributed by atoms with E-state index in [1.807, 2.05) is 56.3 Å². The van der Waals surface area contributed by atoms with Crippen molar-refractivity contribution in [2.45, 2.75) is 69.5 Å². The number of halogens is 1. The number of hydrogen-bond acceptors (Lipinski definition) is 4. The van der Waals surface area contributed by atoms with Crippen LogP contribution in [0.15, 0.2) is 108 Å². The topological polar surface area (TPSA) is 86.8 Å². The number of sulfonamides is 1. The zero-order valence-electron chi connectivity index (χ0n) is 26.2. The minimum Gasteiger partial charge on any atom is -0.352 e. The number of rotatable bonds is 12. The summed E-state index contributed by atoms with van der Waals surface area (Å²) in [7, 11) is -4.15. The van der Waals surface area contributed by atoms with Gasteiger partial charge in [0.2, 0.25) is 11.8 Å². The average molecular weight is 658 g/mol. The summed E-state index contributed by atoms with van der Waals surface area (Å²) in [5.41, 5.74) is 3.89. The molecule has 1 fully saturated rings. The number of amides is 2. The molecule has 1 atom stereocenters. The summed E-state index contributed by atoms with van der Waals surface area (Å²) in [5, 5.41) is 3.70. The fraction of sp³-hybridized carbons (Fsp3) is 0.297. The summed E-state index contributed by atoms with van der Waals surface area (Å²) in [6.07, 6.45) is 4.13. The van der Waals surface area contributed by atoms with E-state index in [2.05, 4.69) is 5.32 Å². The summed E-state index contributed by atoms with van der Waals surface area (Å²) in [6, 6.07) is 29.3. The summed E-state index contributed by atoms with van der Waals surface area (Å²) in [6.45, 7) is 3.43. The van der Waals surface area contributed by atoms with Gasteiger partial charge in [-0.3, -0.25) is 13.9 Å². The Labute approximate surface area is 277 Å². The Kier molecular flexibility index (Phi) is 10.8. The lowest BCUT2D eigenvalue weighted by Gasteiger charge is -2.34. The van der Waals surface area contributed by atoms with Gasteiger partial charge in [-0.2, -0.15) is 0 Å². The monoisotopic (exact) mass is 657 g/mol. The number of anilines is 1. The van der Waals surface area contributed by atoms with E-state index in [0.29, 0.717) is 10.7 Å². The molecule has 1 aliphatic carbocycles. The van der Waals surface area contributed by atoms with Crippen molar-refractivity contribution in [3.05, 3.63) is 130 Å². The number of hydrogen-bond donors (Lipinski definition) is 1. The Hall–Kier alpha value is -4.14. The maximum Gasteiger partial charge on any atom is 0.264 e. The van der Waals surface area contributed by atoms with Gasteiger partial charge in [0.25, 0.3) is 10.0 Å². The standard InChI is InChI=1S/C37H40ClN3O4S/c1-27-20-21-33(22-28(27)2)41(46(44,45)34-18-7-4-8-19-34)26-36(42)40(25-30-14-11-15-31(38)23-30)35(24-29-12-5-3-6-13-29)37(43)39-32-16-9-10-17-32/h3-8,11-15,18-23,32,35H,9-10,16-17,24-26H2,1-2H3,(H,39,43). The highest BCUT2D eigenvalue weighted by Crippen LogP contribution is 2.27. The van der Waals surface area contributed by atoms with Gasteiger partial charge >= 0.3 is 0 Å². The van der Waals surface area contributed by atoms with E-state index in [9.17, 15) is 18.0 Å². The van der Waals surface area contributed by atoms with Crippen molar-refractivity contribution in [3.63, 3.8) is 0 Å². The Balaban J connectivity index is 1.57. The van der Waals surface area contributed by atoms with E-state index in [-0.39, 0.29) is 29.8 Å². The molecule has 240 valence electrons. The van der Waals surface area contributed by atoms with Crippen LogP contribution in [0.2, 0.25) is 5.02 Å². The van der Waals surface area contributed by atoms with E-state index >= 15 is 0 Å². The largest absolute Gasteiger partial charge is 0.352 e. The molecule has 1 N–H and O–H groups in total. The molecule has 1 unspecified atom stereocenters. The van der Waals surface area contributed by atoms with Crippen LogP contribution in [-0.4, -0.2) is 43.8 Å². The van der Waals surface area contributed by atoms with Gasteiger partial charge in [0.1, 0.15) is 12.6 Å². The molecule has 46 heavy (non-hydrogen) atoms.